The first kappa shape index (κ1) is 14.3. The summed E-state index contributed by atoms with van der Waals surface area (Å²) >= 11 is 3.45. The molecule has 0 aliphatic heterocycles. The van der Waals surface area contributed by atoms with E-state index >= 15 is 0 Å². The molecular weight excluding hydrogens is 322 g/mol. The lowest BCUT2D eigenvalue weighted by atomic mass is 10.2. The molecule has 1 unspecified atom stereocenters. The van der Waals surface area contributed by atoms with Crippen LogP contribution in [0.5, 0.6) is 0 Å². The van der Waals surface area contributed by atoms with Crippen molar-refractivity contribution < 1.29 is 4.21 Å². The van der Waals surface area contributed by atoms with E-state index in [1.54, 1.807) is 0 Å². The van der Waals surface area contributed by atoms with E-state index in [2.05, 4.69) is 22.0 Å². The van der Waals surface area contributed by atoms with Crippen molar-refractivity contribution in [2.75, 3.05) is 5.73 Å². The van der Waals surface area contributed by atoms with E-state index in [1.807, 2.05) is 43.3 Å². The lowest BCUT2D eigenvalue weighted by Crippen LogP contribution is -2.01. The predicted molar refractivity (Wildman–Crippen MR) is 85.3 cm³/mol. The number of rotatable bonds is 4. The number of aryl methyl sites for hydroxylation is 1. The van der Waals surface area contributed by atoms with Gasteiger partial charge in [0.2, 0.25) is 0 Å². The summed E-state index contributed by atoms with van der Waals surface area (Å²) < 4.78 is 13.1. The number of hydrogen-bond acceptors (Lipinski definition) is 2. The van der Waals surface area contributed by atoms with Crippen LogP contribution in [0.1, 0.15) is 16.7 Å². The van der Waals surface area contributed by atoms with E-state index in [-0.39, 0.29) is 0 Å². The van der Waals surface area contributed by atoms with Crippen LogP contribution in [0.3, 0.4) is 0 Å². The molecule has 0 radical (unpaired) electrons. The van der Waals surface area contributed by atoms with Crippen molar-refractivity contribution in [1.29, 1.82) is 0 Å². The Morgan fingerprint density at radius 1 is 1.16 bits per heavy atom. The van der Waals surface area contributed by atoms with Crippen LogP contribution >= 0.6 is 15.9 Å². The van der Waals surface area contributed by atoms with Gasteiger partial charge in [0, 0.05) is 26.7 Å². The van der Waals surface area contributed by atoms with Gasteiger partial charge >= 0.3 is 0 Å². The minimum Gasteiger partial charge on any atom is -0.398 e. The van der Waals surface area contributed by atoms with Crippen LogP contribution < -0.4 is 5.73 Å². The Balaban J connectivity index is 2.08. The topological polar surface area (TPSA) is 43.1 Å². The second-order valence-corrected chi connectivity index (χ2v) is 6.79. The Morgan fingerprint density at radius 2 is 1.89 bits per heavy atom. The standard InChI is InChI=1S/C15H16BrNOS/c1-11-4-2-5-12(8-11)9-19(18)10-13-6-3-7-14(17)15(13)16/h2-8H,9-10,17H2,1H3. The molecule has 0 aliphatic carbocycles. The quantitative estimate of drug-likeness (QED) is 0.862. The number of nitrogens with two attached hydrogens (primary N) is 1. The van der Waals surface area contributed by atoms with Gasteiger partial charge in [0.15, 0.2) is 0 Å². The van der Waals surface area contributed by atoms with Gasteiger partial charge < -0.3 is 5.73 Å². The van der Waals surface area contributed by atoms with Crippen molar-refractivity contribution >= 4 is 32.4 Å². The van der Waals surface area contributed by atoms with Crippen molar-refractivity contribution in [2.45, 2.75) is 18.4 Å². The summed E-state index contributed by atoms with van der Waals surface area (Å²) in [5.74, 6) is 1.09. The Bertz CT molecular complexity index is 613. The van der Waals surface area contributed by atoms with E-state index in [0.29, 0.717) is 17.2 Å². The lowest BCUT2D eigenvalue weighted by Gasteiger charge is -2.07. The van der Waals surface area contributed by atoms with Crippen molar-refractivity contribution in [3.8, 4) is 0 Å². The maximum Gasteiger partial charge on any atom is 0.0501 e. The lowest BCUT2D eigenvalue weighted by molar-refractivity contribution is 0.682. The number of benzene rings is 2. The Kier molecular flexibility index (Phi) is 4.77. The van der Waals surface area contributed by atoms with Crippen molar-refractivity contribution in [3.63, 3.8) is 0 Å². The molecule has 0 fully saturated rings. The summed E-state index contributed by atoms with van der Waals surface area (Å²) in [6, 6.07) is 13.8. The van der Waals surface area contributed by atoms with Crippen LogP contribution in [0, 0.1) is 6.92 Å². The molecule has 2 aromatic carbocycles. The van der Waals surface area contributed by atoms with E-state index in [0.717, 1.165) is 15.6 Å². The molecule has 19 heavy (non-hydrogen) atoms. The van der Waals surface area contributed by atoms with Gasteiger partial charge in [0.1, 0.15) is 0 Å². The molecule has 0 amide bonds. The molecule has 2 aromatic rings. The zero-order chi connectivity index (χ0) is 13.8. The maximum atomic E-state index is 12.2. The van der Waals surface area contributed by atoms with E-state index in [1.165, 1.54) is 5.56 Å². The summed E-state index contributed by atoms with van der Waals surface area (Å²) in [5, 5.41) is 0. The Labute approximate surface area is 124 Å². The minimum atomic E-state index is -0.934. The average molecular weight is 338 g/mol. The van der Waals surface area contributed by atoms with Gasteiger partial charge in [0.25, 0.3) is 0 Å². The monoisotopic (exact) mass is 337 g/mol. The zero-order valence-corrected chi connectivity index (χ0v) is 13.1. The minimum absolute atomic E-state index is 0.513. The van der Waals surface area contributed by atoms with Gasteiger partial charge in [-0.15, -0.1) is 0 Å². The fourth-order valence-corrected chi connectivity index (χ4v) is 3.75. The molecule has 0 bridgehead atoms. The molecule has 0 heterocycles. The van der Waals surface area contributed by atoms with Crippen LogP contribution in [0.2, 0.25) is 0 Å². The van der Waals surface area contributed by atoms with Crippen LogP contribution in [0.15, 0.2) is 46.9 Å². The molecule has 2 N–H and O–H groups in total. The SMILES string of the molecule is Cc1cccc(CS(=O)Cc2cccc(N)c2Br)c1. The molecule has 0 aromatic heterocycles. The third kappa shape index (κ3) is 3.91. The second-order valence-electron chi connectivity index (χ2n) is 4.54. The summed E-state index contributed by atoms with van der Waals surface area (Å²) in [7, 11) is -0.934. The molecule has 0 saturated carbocycles. The third-order valence-electron chi connectivity index (χ3n) is 2.84. The molecule has 0 saturated heterocycles. The van der Waals surface area contributed by atoms with Crippen LogP contribution in [-0.2, 0) is 22.3 Å². The van der Waals surface area contributed by atoms with Crippen LogP contribution in [-0.4, -0.2) is 4.21 Å². The van der Waals surface area contributed by atoms with E-state index in [4.69, 9.17) is 5.73 Å². The fraction of sp³-hybridized carbons (Fsp3) is 0.200. The first-order chi connectivity index (χ1) is 9.06. The molecule has 2 rings (SSSR count). The number of hydrogen-bond donors (Lipinski definition) is 1. The highest BCUT2D eigenvalue weighted by molar-refractivity contribution is 9.10. The highest BCUT2D eigenvalue weighted by atomic mass is 79.9. The number of anilines is 1. The Hall–Kier alpha value is -1.13. The molecule has 0 aliphatic rings. The van der Waals surface area contributed by atoms with Crippen LogP contribution in [0.4, 0.5) is 5.69 Å². The average Bonchev–Trinajstić information content (AvgIpc) is 2.35. The largest absolute Gasteiger partial charge is 0.398 e. The van der Waals surface area contributed by atoms with E-state index < -0.39 is 10.8 Å². The van der Waals surface area contributed by atoms with Gasteiger partial charge in [-0.05, 0) is 40.0 Å². The van der Waals surface area contributed by atoms with Gasteiger partial charge in [-0.1, -0.05) is 42.0 Å². The third-order valence-corrected chi connectivity index (χ3v) is 5.09. The molecule has 100 valence electrons. The summed E-state index contributed by atoms with van der Waals surface area (Å²) in [6.07, 6.45) is 0. The highest BCUT2D eigenvalue weighted by Crippen LogP contribution is 2.25. The van der Waals surface area contributed by atoms with Crippen molar-refractivity contribution in [2.24, 2.45) is 0 Å². The summed E-state index contributed by atoms with van der Waals surface area (Å²) in [5.41, 5.74) is 9.80. The molecular formula is C15H16BrNOS. The van der Waals surface area contributed by atoms with Crippen molar-refractivity contribution in [1.82, 2.24) is 0 Å². The van der Waals surface area contributed by atoms with E-state index in [9.17, 15) is 4.21 Å². The number of halogens is 1. The predicted octanol–water partition coefficient (Wildman–Crippen LogP) is 3.79. The maximum absolute atomic E-state index is 12.2. The van der Waals surface area contributed by atoms with Gasteiger partial charge in [-0.2, -0.15) is 0 Å². The molecule has 1 atom stereocenters. The summed E-state index contributed by atoms with van der Waals surface area (Å²) in [4.78, 5) is 0. The first-order valence-electron chi connectivity index (χ1n) is 5.99. The second kappa shape index (κ2) is 6.35. The number of nitrogen functional groups attached to an aromatic ring is 1. The van der Waals surface area contributed by atoms with Gasteiger partial charge in [-0.3, -0.25) is 4.21 Å². The smallest absolute Gasteiger partial charge is 0.0501 e. The normalized spacial score (nSPS) is 12.3. The van der Waals surface area contributed by atoms with Crippen molar-refractivity contribution in [3.05, 3.63) is 63.6 Å². The molecule has 2 nitrogen and oxygen atoms in total. The zero-order valence-electron chi connectivity index (χ0n) is 10.7. The van der Waals surface area contributed by atoms with Crippen LogP contribution in [0.25, 0.3) is 0 Å². The molecule has 0 spiro atoms. The van der Waals surface area contributed by atoms with Gasteiger partial charge in [-0.25, -0.2) is 0 Å². The first-order valence-corrected chi connectivity index (χ1v) is 8.28. The molecule has 4 heteroatoms. The highest BCUT2D eigenvalue weighted by Gasteiger charge is 2.08. The Morgan fingerprint density at radius 3 is 2.63 bits per heavy atom. The fourth-order valence-electron chi connectivity index (χ4n) is 1.92. The summed E-state index contributed by atoms with van der Waals surface area (Å²) in [6.45, 7) is 2.04. The van der Waals surface area contributed by atoms with Gasteiger partial charge in [0.05, 0.1) is 5.75 Å².